The van der Waals surface area contributed by atoms with Gasteiger partial charge in [0.15, 0.2) is 0 Å². The highest BCUT2D eigenvalue weighted by molar-refractivity contribution is 7.91. The number of amides is 4. The van der Waals surface area contributed by atoms with Gasteiger partial charge in [0.25, 0.3) is 5.91 Å². The monoisotopic (exact) mass is 738 g/mol. The van der Waals surface area contributed by atoms with Crippen LogP contribution in [0.1, 0.15) is 72.9 Å². The van der Waals surface area contributed by atoms with E-state index in [9.17, 15) is 27.6 Å². The van der Waals surface area contributed by atoms with Crippen LogP contribution in [0.4, 0.5) is 4.79 Å². The van der Waals surface area contributed by atoms with Crippen molar-refractivity contribution < 1.29 is 37.1 Å². The van der Waals surface area contributed by atoms with E-state index in [1.54, 1.807) is 73.0 Å². The van der Waals surface area contributed by atoms with Gasteiger partial charge in [-0.1, -0.05) is 32.9 Å². The predicted octanol–water partition coefficient (Wildman–Crippen LogP) is 3.52. The molecule has 15 heteroatoms. The summed E-state index contributed by atoms with van der Waals surface area (Å²) in [5.74, 6) is -2.15. The summed E-state index contributed by atoms with van der Waals surface area (Å²) in [6, 6.07) is 6.94. The van der Waals surface area contributed by atoms with Gasteiger partial charge in [-0.3, -0.25) is 29.1 Å². The second-order valence-electron chi connectivity index (χ2n) is 16.0. The van der Waals surface area contributed by atoms with Crippen LogP contribution in [-0.2, 0) is 35.6 Å². The van der Waals surface area contributed by atoms with Crippen LogP contribution >= 0.6 is 0 Å². The van der Waals surface area contributed by atoms with Crippen LogP contribution in [0.5, 0.6) is 5.75 Å². The number of nitrogens with zero attached hydrogens (tertiary/aromatic N) is 3. The largest absolute Gasteiger partial charge is 0.497 e. The molecule has 0 radical (unpaired) electrons. The third-order valence-corrected chi connectivity index (χ3v) is 11.3. The molecule has 1 aliphatic heterocycles. The van der Waals surface area contributed by atoms with Crippen molar-refractivity contribution >= 4 is 33.8 Å². The van der Waals surface area contributed by atoms with Crippen molar-refractivity contribution in [1.29, 1.82) is 0 Å². The maximum atomic E-state index is 14.5. The first kappa shape index (κ1) is 38.7. The molecule has 1 saturated heterocycles. The maximum absolute atomic E-state index is 14.5. The number of aromatic nitrogens is 2. The quantitative estimate of drug-likeness (QED) is 0.272. The maximum Gasteiger partial charge on any atom is 0.408 e. The molecule has 2 aromatic heterocycles. The van der Waals surface area contributed by atoms with Crippen molar-refractivity contribution in [3.63, 3.8) is 0 Å². The second kappa shape index (κ2) is 14.5. The molecule has 2 unspecified atom stereocenters. The number of nitrogens with one attached hydrogen (secondary N) is 3. The number of methoxy groups -OCH3 is 1. The van der Waals surface area contributed by atoms with E-state index in [1.807, 2.05) is 12.1 Å². The summed E-state index contributed by atoms with van der Waals surface area (Å²) < 4.78 is 38.6. The number of hydrogen-bond donors (Lipinski definition) is 3. The van der Waals surface area contributed by atoms with Crippen LogP contribution in [0, 0.1) is 17.3 Å². The molecule has 5 atom stereocenters. The van der Waals surface area contributed by atoms with Gasteiger partial charge in [0.05, 0.1) is 23.7 Å². The molecule has 3 N–H and O–H groups in total. The van der Waals surface area contributed by atoms with E-state index < -0.39 is 73.6 Å². The highest BCUT2D eigenvalue weighted by atomic mass is 32.2. The third kappa shape index (κ3) is 8.91. The summed E-state index contributed by atoms with van der Waals surface area (Å²) in [6.45, 7) is 14.5. The Morgan fingerprint density at radius 3 is 2.37 bits per heavy atom. The van der Waals surface area contributed by atoms with Gasteiger partial charge < -0.3 is 25.0 Å². The highest BCUT2D eigenvalue weighted by Crippen LogP contribution is 2.46. The van der Waals surface area contributed by atoms with Crippen LogP contribution in [0.2, 0.25) is 0 Å². The molecule has 0 spiro atoms. The number of carbonyl (C=O) groups excluding carboxylic acids is 4. The second-order valence-corrected chi connectivity index (χ2v) is 18.0. The molecule has 282 valence electrons. The topological polar surface area (TPSA) is 186 Å². The van der Waals surface area contributed by atoms with Gasteiger partial charge in [0.2, 0.25) is 21.8 Å². The van der Waals surface area contributed by atoms with Gasteiger partial charge in [-0.15, -0.1) is 6.58 Å². The Bertz CT molecular complexity index is 1820. The zero-order chi connectivity index (χ0) is 38.2. The molecule has 3 fully saturated rings. The first-order valence-corrected chi connectivity index (χ1v) is 19.1. The lowest BCUT2D eigenvalue weighted by Gasteiger charge is -2.36. The number of pyridine rings is 2. The zero-order valence-corrected chi connectivity index (χ0v) is 31.7. The van der Waals surface area contributed by atoms with Gasteiger partial charge in [0.1, 0.15) is 29.0 Å². The number of alkyl carbamates (subject to hydrolysis) is 1. The number of ether oxygens (including phenoxy) is 2. The lowest BCUT2D eigenvalue weighted by atomic mass is 9.85. The minimum Gasteiger partial charge on any atom is -0.497 e. The van der Waals surface area contributed by atoms with Crippen molar-refractivity contribution in [2.45, 2.75) is 102 Å². The van der Waals surface area contributed by atoms with E-state index in [-0.39, 0.29) is 25.3 Å². The summed E-state index contributed by atoms with van der Waals surface area (Å²) in [5, 5.41) is 4.92. The van der Waals surface area contributed by atoms with E-state index in [4.69, 9.17) is 14.5 Å². The molecule has 0 aromatic carbocycles. The molecule has 2 aromatic rings. The lowest BCUT2D eigenvalue weighted by Crippen LogP contribution is -2.60. The fourth-order valence-corrected chi connectivity index (χ4v) is 7.91. The van der Waals surface area contributed by atoms with E-state index in [0.29, 0.717) is 42.1 Å². The van der Waals surface area contributed by atoms with E-state index >= 15 is 0 Å². The van der Waals surface area contributed by atoms with E-state index in [2.05, 4.69) is 26.9 Å². The van der Waals surface area contributed by atoms with E-state index in [1.165, 1.54) is 11.0 Å². The molecule has 14 nitrogen and oxygen atoms in total. The van der Waals surface area contributed by atoms with Crippen molar-refractivity contribution in [3.05, 3.63) is 54.9 Å². The highest BCUT2D eigenvalue weighted by Gasteiger charge is 2.62. The Morgan fingerprint density at radius 2 is 1.81 bits per heavy atom. The lowest BCUT2D eigenvalue weighted by molar-refractivity contribution is -0.143. The zero-order valence-electron chi connectivity index (χ0n) is 30.9. The molecule has 5 rings (SSSR count). The summed E-state index contributed by atoms with van der Waals surface area (Å²) in [4.78, 5) is 65.9. The van der Waals surface area contributed by atoms with E-state index in [0.717, 1.165) is 0 Å². The van der Waals surface area contributed by atoms with Crippen LogP contribution in [0.3, 0.4) is 0 Å². The molecular formula is C37H50N6O8S. The Balaban J connectivity index is 1.45. The van der Waals surface area contributed by atoms with Gasteiger partial charge in [-0.25, -0.2) is 13.2 Å². The molecule has 2 saturated carbocycles. The smallest absolute Gasteiger partial charge is 0.408 e. The van der Waals surface area contributed by atoms with Crippen LogP contribution in [-0.4, -0.2) is 89.2 Å². The molecule has 2 aliphatic carbocycles. The van der Waals surface area contributed by atoms with Crippen LogP contribution in [0.25, 0.3) is 11.4 Å². The fourth-order valence-electron chi connectivity index (χ4n) is 6.55. The van der Waals surface area contributed by atoms with Crippen molar-refractivity contribution in [2.24, 2.45) is 17.3 Å². The number of likely N-dealkylation sites (tertiary alicyclic amines) is 1. The molecule has 52 heavy (non-hydrogen) atoms. The first-order valence-electron chi connectivity index (χ1n) is 17.5. The fraction of sp³-hybridized carbons (Fsp3) is 0.568. The van der Waals surface area contributed by atoms with Gasteiger partial charge in [0, 0.05) is 36.5 Å². The SMILES string of the molecule is C=CC1C[C@]1(NC(=O)C1C[C@@H](Cc2cc(OC)cc(-c3ccccn3)n2)CN1C(=O)[C@@H](NC(=O)OC(C)(C)C)C(C)(C)C)C(=O)NS(=O)(=O)C1CC1. The Hall–Kier alpha value is -4.53. The number of sulfonamides is 1. The average Bonchev–Trinajstić information content (AvgIpc) is 3.99. The normalized spacial score (nSPS) is 23.6. The molecule has 4 amide bonds. The minimum atomic E-state index is -3.89. The first-order chi connectivity index (χ1) is 24.3. The molecular weight excluding hydrogens is 689 g/mol. The average molecular weight is 739 g/mol. The summed E-state index contributed by atoms with van der Waals surface area (Å²) >= 11 is 0. The Labute approximate surface area is 305 Å². The third-order valence-electron chi connectivity index (χ3n) is 9.51. The molecule has 3 heterocycles. The number of hydrogen-bond acceptors (Lipinski definition) is 10. The standard InChI is InChI=1S/C37H50N6O8S/c1-9-23-20-37(23,33(46)42-52(48,49)26-13-14-26)41-31(44)29-17-22(16-24-18-25(50-8)19-28(39-24)27-12-10-11-15-38-27)21-43(29)32(45)30(35(2,3)4)40-34(47)51-36(5,6)7/h9-12,15,18-19,22-23,26,29-30H,1,13-14,16-17,20-21H2,2-8H3,(H,40,47)(H,41,44)(H,42,46)/t22-,23?,29?,30-,37-/m1/s1. The summed E-state index contributed by atoms with van der Waals surface area (Å²) in [7, 11) is -2.33. The summed E-state index contributed by atoms with van der Waals surface area (Å²) in [5.41, 5.74) is -1.23. The van der Waals surface area contributed by atoms with Crippen molar-refractivity contribution in [3.8, 4) is 17.1 Å². The molecule has 0 bridgehead atoms. The summed E-state index contributed by atoms with van der Waals surface area (Å²) in [6.07, 6.45) is 4.06. The van der Waals surface area contributed by atoms with Gasteiger partial charge >= 0.3 is 6.09 Å². The van der Waals surface area contributed by atoms with Gasteiger partial charge in [-0.05, 0) is 76.3 Å². The Kier molecular flexibility index (Phi) is 10.8. The molecule has 3 aliphatic rings. The minimum absolute atomic E-state index is 0.136. The van der Waals surface area contributed by atoms with Crippen molar-refractivity contribution in [1.82, 2.24) is 30.2 Å². The number of carbonyl (C=O) groups is 4. The Morgan fingerprint density at radius 1 is 1.10 bits per heavy atom. The van der Waals surface area contributed by atoms with Crippen LogP contribution < -0.4 is 20.1 Å². The van der Waals surface area contributed by atoms with Crippen molar-refractivity contribution in [2.75, 3.05) is 13.7 Å². The predicted molar refractivity (Wildman–Crippen MR) is 193 cm³/mol. The van der Waals surface area contributed by atoms with Crippen LogP contribution in [0.15, 0.2) is 49.2 Å². The van der Waals surface area contributed by atoms with Gasteiger partial charge in [-0.2, -0.15) is 0 Å². The number of rotatable bonds is 12.